The van der Waals surface area contributed by atoms with Crippen molar-refractivity contribution in [3.63, 3.8) is 0 Å². The fraction of sp³-hybridized carbons (Fsp3) is 0. The van der Waals surface area contributed by atoms with Gasteiger partial charge in [-0.05, 0) is 24.3 Å². The van der Waals surface area contributed by atoms with Gasteiger partial charge in [0.25, 0.3) is 0 Å². The number of aromatic nitrogens is 5. The largest absolute Gasteiger partial charge is 0.353 e. The normalized spacial score (nSPS) is 11.5. The predicted molar refractivity (Wildman–Crippen MR) is 91.0 cm³/mol. The number of hydrogen-bond donors (Lipinski definition) is 3. The van der Waals surface area contributed by atoms with Crippen LogP contribution in [0.3, 0.4) is 0 Å². The van der Waals surface area contributed by atoms with Crippen molar-refractivity contribution in [2.75, 3.05) is 0 Å². The van der Waals surface area contributed by atoms with Crippen molar-refractivity contribution in [2.24, 2.45) is 0 Å². The van der Waals surface area contributed by atoms with Crippen LogP contribution in [0, 0.1) is 0 Å². The molecule has 0 radical (unpaired) electrons. The third-order valence-corrected chi connectivity index (χ3v) is 4.12. The molecule has 0 bridgehead atoms. The summed E-state index contributed by atoms with van der Waals surface area (Å²) in [5.74, 6) is 0.855. The molecule has 0 aliphatic carbocycles. The highest BCUT2D eigenvalue weighted by Crippen LogP contribution is 2.30. The molecule has 0 saturated heterocycles. The molecule has 0 fully saturated rings. The molecule has 5 rings (SSSR count). The lowest BCUT2D eigenvalue weighted by molar-refractivity contribution is 1.12. The van der Waals surface area contributed by atoms with Crippen LogP contribution >= 0.6 is 0 Å². The highest BCUT2D eigenvalue weighted by Gasteiger charge is 2.12. The molecule has 0 atom stereocenters. The van der Waals surface area contributed by atoms with E-state index in [1.165, 1.54) is 5.39 Å². The predicted octanol–water partition coefficient (Wildman–Crippen LogP) is 4.10. The lowest BCUT2D eigenvalue weighted by atomic mass is 10.1. The number of imidazole rings is 1. The molecule has 23 heavy (non-hydrogen) atoms. The van der Waals surface area contributed by atoms with Gasteiger partial charge in [-0.15, -0.1) is 0 Å². The monoisotopic (exact) mass is 299 g/mol. The minimum atomic E-state index is 0.855. The van der Waals surface area contributed by atoms with Gasteiger partial charge >= 0.3 is 0 Å². The zero-order chi connectivity index (χ0) is 15.2. The maximum atomic E-state index is 4.50. The number of nitrogens with zero attached hydrogens (tertiary/aromatic N) is 2. The Labute approximate surface area is 131 Å². The highest BCUT2D eigenvalue weighted by atomic mass is 15.1. The molecular weight excluding hydrogens is 286 g/mol. The van der Waals surface area contributed by atoms with Gasteiger partial charge in [0.15, 0.2) is 0 Å². The SMILES string of the molecule is c1ccc2[nH]c(-c3n[nH]c4cc(-c5ncc[nH]5)ccc34)cc2c1. The van der Waals surface area contributed by atoms with E-state index in [0.717, 1.165) is 39.2 Å². The standard InChI is InChI=1S/C18H13N5/c1-2-4-14-11(3-1)9-16(21-14)17-13-6-5-12(10-15(13)22-23-17)18-19-7-8-20-18/h1-10,21H,(H,19,20)(H,22,23). The van der Waals surface area contributed by atoms with Gasteiger partial charge in [-0.25, -0.2) is 4.98 Å². The summed E-state index contributed by atoms with van der Waals surface area (Å²) in [6.07, 6.45) is 3.57. The van der Waals surface area contributed by atoms with Gasteiger partial charge in [0.1, 0.15) is 11.5 Å². The van der Waals surface area contributed by atoms with Crippen molar-refractivity contribution in [3.8, 4) is 22.8 Å². The lowest BCUT2D eigenvalue weighted by Crippen LogP contribution is -1.81. The van der Waals surface area contributed by atoms with E-state index < -0.39 is 0 Å². The second kappa shape index (κ2) is 4.58. The van der Waals surface area contributed by atoms with E-state index >= 15 is 0 Å². The molecule has 0 spiro atoms. The van der Waals surface area contributed by atoms with Crippen molar-refractivity contribution >= 4 is 21.8 Å². The number of hydrogen-bond acceptors (Lipinski definition) is 2. The molecule has 0 aliphatic heterocycles. The Morgan fingerprint density at radius 3 is 2.74 bits per heavy atom. The molecule has 0 amide bonds. The van der Waals surface area contributed by atoms with E-state index in [1.54, 1.807) is 6.20 Å². The van der Waals surface area contributed by atoms with Gasteiger partial charge in [-0.2, -0.15) is 5.10 Å². The molecule has 110 valence electrons. The minimum Gasteiger partial charge on any atom is -0.353 e. The van der Waals surface area contributed by atoms with Crippen molar-refractivity contribution in [1.29, 1.82) is 0 Å². The van der Waals surface area contributed by atoms with Crippen LogP contribution in [0.2, 0.25) is 0 Å². The third kappa shape index (κ3) is 1.87. The van der Waals surface area contributed by atoms with Gasteiger partial charge in [-0.1, -0.05) is 24.3 Å². The van der Waals surface area contributed by atoms with Gasteiger partial charge in [0.05, 0.1) is 11.2 Å². The third-order valence-electron chi connectivity index (χ3n) is 4.12. The molecule has 2 aromatic carbocycles. The number of fused-ring (bicyclic) bond motifs is 2. The number of rotatable bonds is 2. The molecule has 0 saturated carbocycles. The van der Waals surface area contributed by atoms with E-state index in [9.17, 15) is 0 Å². The summed E-state index contributed by atoms with van der Waals surface area (Å²) in [6.45, 7) is 0. The van der Waals surface area contributed by atoms with Gasteiger partial charge in [-0.3, -0.25) is 5.10 Å². The first-order valence-electron chi connectivity index (χ1n) is 7.44. The maximum Gasteiger partial charge on any atom is 0.137 e. The number of aromatic amines is 3. The Balaban J connectivity index is 1.67. The zero-order valence-corrected chi connectivity index (χ0v) is 12.2. The minimum absolute atomic E-state index is 0.855. The number of benzene rings is 2. The fourth-order valence-electron chi connectivity index (χ4n) is 3.00. The van der Waals surface area contributed by atoms with Crippen LogP contribution in [0.4, 0.5) is 0 Å². The molecule has 5 nitrogen and oxygen atoms in total. The van der Waals surface area contributed by atoms with Crippen LogP contribution in [0.1, 0.15) is 0 Å². The quantitative estimate of drug-likeness (QED) is 0.459. The summed E-state index contributed by atoms with van der Waals surface area (Å²) in [7, 11) is 0. The summed E-state index contributed by atoms with van der Waals surface area (Å²) in [4.78, 5) is 10.8. The first-order valence-corrected chi connectivity index (χ1v) is 7.44. The molecule has 0 unspecified atom stereocenters. The Hall–Kier alpha value is -3.34. The van der Waals surface area contributed by atoms with Crippen molar-refractivity contribution in [2.45, 2.75) is 0 Å². The van der Waals surface area contributed by atoms with Crippen LogP contribution in [-0.2, 0) is 0 Å². The molecule has 3 aromatic heterocycles. The molecule has 3 N–H and O–H groups in total. The second-order valence-electron chi connectivity index (χ2n) is 5.54. The van der Waals surface area contributed by atoms with E-state index in [1.807, 2.05) is 18.3 Å². The molecule has 0 aliphatic rings. The highest BCUT2D eigenvalue weighted by molar-refractivity contribution is 5.96. The first-order chi connectivity index (χ1) is 11.4. The Bertz CT molecular complexity index is 1080. The summed E-state index contributed by atoms with van der Waals surface area (Å²) in [5, 5.41) is 9.89. The van der Waals surface area contributed by atoms with Gasteiger partial charge < -0.3 is 9.97 Å². The number of para-hydroxylation sites is 1. The van der Waals surface area contributed by atoms with Crippen molar-refractivity contribution in [1.82, 2.24) is 25.1 Å². The lowest BCUT2D eigenvalue weighted by Gasteiger charge is -1.98. The van der Waals surface area contributed by atoms with E-state index in [2.05, 4.69) is 61.5 Å². The van der Waals surface area contributed by atoms with E-state index in [0.29, 0.717) is 0 Å². The molecule has 5 heteroatoms. The Morgan fingerprint density at radius 1 is 0.913 bits per heavy atom. The van der Waals surface area contributed by atoms with Crippen LogP contribution in [0.5, 0.6) is 0 Å². The van der Waals surface area contributed by atoms with Crippen LogP contribution in [-0.4, -0.2) is 25.1 Å². The summed E-state index contributed by atoms with van der Waals surface area (Å²) in [5.41, 5.74) is 5.10. The average molecular weight is 299 g/mol. The zero-order valence-electron chi connectivity index (χ0n) is 12.2. The van der Waals surface area contributed by atoms with Gasteiger partial charge in [0.2, 0.25) is 0 Å². The van der Waals surface area contributed by atoms with Crippen LogP contribution < -0.4 is 0 Å². The molecular formula is C18H13N5. The Kier molecular flexibility index (Phi) is 2.43. The smallest absolute Gasteiger partial charge is 0.137 e. The fourth-order valence-corrected chi connectivity index (χ4v) is 3.00. The van der Waals surface area contributed by atoms with Crippen LogP contribution in [0.25, 0.3) is 44.6 Å². The average Bonchev–Trinajstić information content (AvgIpc) is 3.32. The van der Waals surface area contributed by atoms with Crippen molar-refractivity contribution < 1.29 is 0 Å². The van der Waals surface area contributed by atoms with Gasteiger partial charge in [0, 0.05) is 34.2 Å². The van der Waals surface area contributed by atoms with E-state index in [-0.39, 0.29) is 0 Å². The number of H-pyrrole nitrogens is 3. The maximum absolute atomic E-state index is 4.50. The first kappa shape index (κ1) is 12.2. The summed E-state index contributed by atoms with van der Waals surface area (Å²) < 4.78 is 0. The topological polar surface area (TPSA) is 73.2 Å². The van der Waals surface area contributed by atoms with E-state index in [4.69, 9.17) is 0 Å². The molecule has 5 aromatic rings. The summed E-state index contributed by atoms with van der Waals surface area (Å²) >= 11 is 0. The summed E-state index contributed by atoms with van der Waals surface area (Å²) in [6, 6.07) is 16.6. The number of nitrogens with one attached hydrogen (secondary N) is 3. The van der Waals surface area contributed by atoms with Crippen LogP contribution in [0.15, 0.2) is 60.9 Å². The molecule has 3 heterocycles. The van der Waals surface area contributed by atoms with Crippen molar-refractivity contribution in [3.05, 3.63) is 60.9 Å². The second-order valence-corrected chi connectivity index (χ2v) is 5.54. The Morgan fingerprint density at radius 2 is 1.87 bits per heavy atom.